The van der Waals surface area contributed by atoms with Gasteiger partial charge >= 0.3 is 0 Å². The van der Waals surface area contributed by atoms with Crippen molar-refractivity contribution in [2.24, 2.45) is 45.3 Å². The van der Waals surface area contributed by atoms with Gasteiger partial charge in [0.2, 0.25) is 0 Å². The van der Waals surface area contributed by atoms with Crippen molar-refractivity contribution >= 4 is 31.8 Å². The molecule has 1 aromatic carbocycles. The van der Waals surface area contributed by atoms with Gasteiger partial charge in [0.25, 0.3) is 20.2 Å². The highest BCUT2D eigenvalue weighted by Gasteiger charge is 2.70. The van der Waals surface area contributed by atoms with Crippen molar-refractivity contribution in [1.29, 1.82) is 0 Å². The van der Waals surface area contributed by atoms with Gasteiger partial charge < -0.3 is 0 Å². The van der Waals surface area contributed by atoms with Crippen molar-refractivity contribution in [1.82, 2.24) is 0 Å². The molecule has 5 rings (SSSR count). The number of carbonyl (C=O) groups excluding carboxylic acids is 2. The van der Waals surface area contributed by atoms with Gasteiger partial charge in [0.05, 0.1) is 22.3 Å². The van der Waals surface area contributed by atoms with Crippen LogP contribution in [-0.2, 0) is 42.7 Å². The maximum absolute atomic E-state index is 13.4. The number of rotatable bonds is 10. The summed E-state index contributed by atoms with van der Waals surface area (Å²) in [4.78, 5) is 26.9. The molecule has 6 unspecified atom stereocenters. The number of hydrogen-bond acceptors (Lipinski definition) is 6. The van der Waals surface area contributed by atoms with E-state index in [0.717, 1.165) is 24.0 Å². The molecule has 40 heavy (non-hydrogen) atoms. The molecule has 0 saturated heterocycles. The number of fused-ring (bicyclic) bond motifs is 4. The Kier molecular flexibility index (Phi) is 7.05. The van der Waals surface area contributed by atoms with Crippen molar-refractivity contribution < 1.29 is 35.5 Å². The van der Waals surface area contributed by atoms with Crippen LogP contribution in [0, 0.1) is 45.3 Å². The Hall–Kier alpha value is -1.62. The number of ketones is 2. The highest BCUT2D eigenvalue weighted by Crippen LogP contribution is 2.68. The molecule has 4 saturated carbocycles. The number of aryl methyl sites for hydroxylation is 2. The first kappa shape index (κ1) is 29.9. The molecular weight excluding hydrogens is 552 g/mol. The molecule has 1 aromatic rings. The zero-order chi connectivity index (χ0) is 29.5. The summed E-state index contributed by atoms with van der Waals surface area (Å²) in [5.41, 5.74) is -0.785. The van der Waals surface area contributed by atoms with Crippen LogP contribution in [0.5, 0.6) is 0 Å². The Morgan fingerprint density at radius 1 is 0.675 bits per heavy atom. The largest absolute Gasteiger partial charge is 0.299 e. The Morgan fingerprint density at radius 2 is 1.00 bits per heavy atom. The summed E-state index contributed by atoms with van der Waals surface area (Å²) in [6.45, 7) is 7.87. The van der Waals surface area contributed by atoms with Crippen LogP contribution in [-0.4, -0.2) is 49.0 Å². The maximum Gasteiger partial charge on any atom is 0.265 e. The SMILES string of the molecule is CC1(C)C2CCC1(CS(=O)(=O)O)C(=O)C2CCc1ccc(CCC2C(=O)C3(CS(=O)(=O)O)CCC2C3(C)C)cc1. The Bertz CT molecular complexity index is 1320. The van der Waals surface area contributed by atoms with Gasteiger partial charge in [-0.15, -0.1) is 0 Å². The number of carbonyl (C=O) groups is 2. The maximum atomic E-state index is 13.4. The second-order valence-corrected chi connectivity index (χ2v) is 17.1. The van der Waals surface area contributed by atoms with E-state index in [1.807, 2.05) is 52.0 Å². The molecule has 4 fully saturated rings. The van der Waals surface area contributed by atoms with Crippen molar-refractivity contribution in [3.63, 3.8) is 0 Å². The standard InChI is InChI=1S/C30H42O8S2/c1-27(2)23-13-15-29(27,17-39(33,34)35)25(31)21(23)11-9-19-5-7-20(8-6-19)10-12-22-24-14-16-30(26(22)32,28(24,3)4)18-40(36,37)38/h5-8,21-24H,9-18H2,1-4H3,(H,33,34,35)(H,36,37,38). The summed E-state index contributed by atoms with van der Waals surface area (Å²) in [5.74, 6) is -1.25. The average Bonchev–Trinajstić information content (AvgIpc) is 3.33. The van der Waals surface area contributed by atoms with E-state index in [1.165, 1.54) is 0 Å². The van der Waals surface area contributed by atoms with E-state index in [4.69, 9.17) is 0 Å². The highest BCUT2D eigenvalue weighted by atomic mass is 32.2. The van der Waals surface area contributed by atoms with E-state index in [0.29, 0.717) is 38.5 Å². The second-order valence-electron chi connectivity index (χ2n) is 14.2. The van der Waals surface area contributed by atoms with Crippen molar-refractivity contribution in [3.8, 4) is 0 Å². The molecule has 0 spiro atoms. The third-order valence-electron chi connectivity index (χ3n) is 12.0. The molecule has 4 aliphatic rings. The monoisotopic (exact) mass is 594 g/mol. The first-order chi connectivity index (χ1) is 18.3. The number of Topliss-reactive ketones (excluding diaryl/α,β-unsaturated/α-hetero) is 2. The van der Waals surface area contributed by atoms with Gasteiger partial charge in [-0.2, -0.15) is 16.8 Å². The van der Waals surface area contributed by atoms with Crippen LogP contribution >= 0.6 is 0 Å². The summed E-state index contributed by atoms with van der Waals surface area (Å²) in [6, 6.07) is 8.16. The minimum Gasteiger partial charge on any atom is -0.299 e. The summed E-state index contributed by atoms with van der Waals surface area (Å²) >= 11 is 0. The summed E-state index contributed by atoms with van der Waals surface area (Å²) in [5, 5.41) is 0. The van der Waals surface area contributed by atoms with E-state index in [9.17, 15) is 35.5 Å². The zero-order valence-corrected chi connectivity index (χ0v) is 25.5. The third kappa shape index (κ3) is 4.52. The van der Waals surface area contributed by atoms with Gasteiger partial charge in [-0.25, -0.2) is 0 Å². The lowest BCUT2D eigenvalue weighted by molar-refractivity contribution is -0.132. The van der Waals surface area contributed by atoms with Crippen LogP contribution in [0.1, 0.15) is 77.3 Å². The molecule has 0 aliphatic heterocycles. The molecule has 0 amide bonds. The topological polar surface area (TPSA) is 143 Å². The van der Waals surface area contributed by atoms with Crippen LogP contribution in [0.2, 0.25) is 0 Å². The number of benzene rings is 1. The molecule has 222 valence electrons. The Morgan fingerprint density at radius 3 is 1.30 bits per heavy atom. The fourth-order valence-corrected chi connectivity index (χ4v) is 12.3. The predicted molar refractivity (Wildman–Crippen MR) is 151 cm³/mol. The molecule has 0 heterocycles. The fourth-order valence-electron chi connectivity index (χ4n) is 9.71. The minimum absolute atomic E-state index is 0.0202. The van der Waals surface area contributed by atoms with E-state index >= 15 is 0 Å². The minimum atomic E-state index is -4.27. The first-order valence-electron chi connectivity index (χ1n) is 14.4. The first-order valence-corrected chi connectivity index (χ1v) is 17.6. The molecule has 2 N–H and O–H groups in total. The van der Waals surface area contributed by atoms with Crippen LogP contribution in [0.25, 0.3) is 0 Å². The lowest BCUT2D eigenvalue weighted by Gasteiger charge is -2.35. The van der Waals surface area contributed by atoms with E-state index in [2.05, 4.69) is 0 Å². The highest BCUT2D eigenvalue weighted by molar-refractivity contribution is 7.86. The van der Waals surface area contributed by atoms with E-state index in [1.54, 1.807) is 0 Å². The normalized spacial score (nSPS) is 36.0. The summed E-state index contributed by atoms with van der Waals surface area (Å²) < 4.78 is 66.2. The van der Waals surface area contributed by atoms with Gasteiger partial charge in [0, 0.05) is 11.8 Å². The summed E-state index contributed by atoms with van der Waals surface area (Å²) in [7, 11) is -8.53. The van der Waals surface area contributed by atoms with Gasteiger partial charge in [-0.3, -0.25) is 18.7 Å². The van der Waals surface area contributed by atoms with E-state index < -0.39 is 53.4 Å². The summed E-state index contributed by atoms with van der Waals surface area (Å²) in [6.07, 6.45) is 5.27. The molecule has 8 nitrogen and oxygen atoms in total. The van der Waals surface area contributed by atoms with Gasteiger partial charge in [0.1, 0.15) is 11.6 Å². The Balaban J connectivity index is 1.21. The fraction of sp³-hybridized carbons (Fsp3) is 0.733. The average molecular weight is 595 g/mol. The van der Waals surface area contributed by atoms with Crippen LogP contribution in [0.3, 0.4) is 0 Å². The zero-order valence-electron chi connectivity index (χ0n) is 23.9. The molecular formula is C30H42O8S2. The van der Waals surface area contributed by atoms with E-state index in [-0.39, 0.29) is 35.2 Å². The van der Waals surface area contributed by atoms with Crippen molar-refractivity contribution in [2.75, 3.05) is 11.5 Å². The van der Waals surface area contributed by atoms with Gasteiger partial charge in [-0.1, -0.05) is 52.0 Å². The Labute approximate surface area is 238 Å². The quantitative estimate of drug-likeness (QED) is 0.375. The molecule has 4 bridgehead atoms. The van der Waals surface area contributed by atoms with Gasteiger partial charge in [-0.05, 0) is 85.2 Å². The third-order valence-corrected chi connectivity index (χ3v) is 13.8. The second kappa shape index (κ2) is 9.44. The lowest BCUT2D eigenvalue weighted by atomic mass is 9.70. The molecule has 0 radical (unpaired) electrons. The smallest absolute Gasteiger partial charge is 0.265 e. The predicted octanol–water partition coefficient (Wildman–Crippen LogP) is 4.57. The van der Waals surface area contributed by atoms with Crippen LogP contribution in [0.15, 0.2) is 24.3 Å². The molecule has 6 atom stereocenters. The van der Waals surface area contributed by atoms with Gasteiger partial charge in [0.15, 0.2) is 0 Å². The lowest BCUT2D eigenvalue weighted by Crippen LogP contribution is -2.43. The molecule has 10 heteroatoms. The number of hydrogen-bond donors (Lipinski definition) is 2. The van der Waals surface area contributed by atoms with Crippen LogP contribution < -0.4 is 0 Å². The van der Waals surface area contributed by atoms with Crippen molar-refractivity contribution in [3.05, 3.63) is 35.4 Å². The van der Waals surface area contributed by atoms with Crippen molar-refractivity contribution in [2.45, 2.75) is 79.1 Å². The molecule has 4 aliphatic carbocycles. The molecule has 0 aromatic heterocycles. The van der Waals surface area contributed by atoms with Crippen LogP contribution in [0.4, 0.5) is 0 Å².